The van der Waals surface area contributed by atoms with Crippen LogP contribution in [0.4, 0.5) is 15.3 Å². The Morgan fingerprint density at radius 1 is 0.611 bits per heavy atom. The van der Waals surface area contributed by atoms with E-state index in [-0.39, 0.29) is 77.7 Å². The lowest BCUT2D eigenvalue weighted by atomic mass is 9.86. The Morgan fingerprint density at radius 2 is 1.07 bits per heavy atom. The molecule has 2 unspecified atom stereocenters. The van der Waals surface area contributed by atoms with Gasteiger partial charge < -0.3 is 52.9 Å². The number of allylic oxidation sites excluding steroid dienone is 2. The number of aromatic hydroxyl groups is 1. The standard InChI is InChI=1S/C31H32N2O7.C22H20N2O5.C15H17NO5/c1-3-20-21-14-19(40-30(36)39-18-10-8-6-5-7-9-11-18)12-13-25(21)32-27-22(20)16-33-26(27)15-24-23(28(33)34)17-38-29(35)31(24,37)4-2;1-3-12-13-7-11(25)5-6-17(13)23-19-14(12)9-24-18(19)8-16-15(20(24)26)10-29-21(27)22(16,28)4-2;17-15(20-13-6-4-2-1-3-5-7-13)21-14-10-8-12(9-11-14)16(18)19/h8,10,12-15,18,37H,3-7,9,11,16-17H2,1-2H3;5-8,25,28H,3-4,9-10H2,1-2H3;4,6,8-11,13H,1-3,5,7H2/b10-8+;;6-4+/t18?,31-;22-;/m00./s1. The van der Waals surface area contributed by atoms with Gasteiger partial charge in [-0.3, -0.25) is 19.7 Å². The van der Waals surface area contributed by atoms with E-state index in [9.17, 15) is 54.2 Å². The van der Waals surface area contributed by atoms with E-state index in [0.717, 1.165) is 103 Å². The topological polar surface area (TPSA) is 297 Å². The predicted molar refractivity (Wildman–Crippen MR) is 329 cm³/mol. The van der Waals surface area contributed by atoms with Crippen molar-refractivity contribution in [1.82, 2.24) is 19.1 Å². The van der Waals surface area contributed by atoms with E-state index in [1.165, 1.54) is 24.3 Å². The fraction of sp³-hybridized carbons (Fsp3) is 0.382. The highest BCUT2D eigenvalue weighted by atomic mass is 16.7. The van der Waals surface area contributed by atoms with E-state index < -0.39 is 40.4 Å². The maximum absolute atomic E-state index is 13.5. The Kier molecular flexibility index (Phi) is 17.9. The second-order valence-electron chi connectivity index (χ2n) is 23.0. The van der Waals surface area contributed by atoms with Crippen LogP contribution in [-0.4, -0.2) is 75.8 Å². The molecule has 13 rings (SSSR count). The molecule has 6 aliphatic rings. The van der Waals surface area contributed by atoms with Crippen molar-refractivity contribution in [3.63, 3.8) is 0 Å². The number of rotatable bonds is 9. The molecule has 0 spiro atoms. The van der Waals surface area contributed by atoms with Crippen LogP contribution in [0.1, 0.15) is 149 Å². The highest BCUT2D eigenvalue weighted by molar-refractivity contribution is 5.92. The van der Waals surface area contributed by atoms with Crippen LogP contribution < -0.4 is 20.6 Å². The minimum absolute atomic E-state index is 0.0568. The molecule has 0 saturated carbocycles. The molecule has 22 heteroatoms. The molecule has 3 N–H and O–H groups in total. The number of non-ortho nitro benzene ring substituents is 1. The second kappa shape index (κ2) is 25.9. The largest absolute Gasteiger partial charge is 0.514 e. The number of cyclic esters (lactones) is 2. The van der Waals surface area contributed by atoms with E-state index in [1.807, 2.05) is 32.1 Å². The fourth-order valence-corrected chi connectivity index (χ4v) is 12.7. The van der Waals surface area contributed by atoms with Gasteiger partial charge in [0.15, 0.2) is 11.2 Å². The number of carbonyl (C=O) groups excluding carboxylic acids is 4. The molecule has 3 aromatic carbocycles. The van der Waals surface area contributed by atoms with Crippen molar-refractivity contribution in [2.45, 2.75) is 167 Å². The normalized spacial score (nSPS) is 20.9. The fourth-order valence-electron chi connectivity index (χ4n) is 12.7. The van der Waals surface area contributed by atoms with Crippen LogP contribution in [-0.2, 0) is 78.9 Å². The molecule has 7 aromatic rings. The van der Waals surface area contributed by atoms with Gasteiger partial charge in [-0.1, -0.05) is 52.7 Å². The molecule has 0 radical (unpaired) electrons. The van der Waals surface area contributed by atoms with Gasteiger partial charge >= 0.3 is 24.2 Å². The maximum Gasteiger partial charge on any atom is 0.514 e. The number of aliphatic hydroxyl groups is 2. The summed E-state index contributed by atoms with van der Waals surface area (Å²) in [5.41, 5.74) is 4.58. The Bertz CT molecular complexity index is 4230. The van der Waals surface area contributed by atoms with Gasteiger partial charge in [-0.25, -0.2) is 29.1 Å². The summed E-state index contributed by atoms with van der Waals surface area (Å²) in [6.07, 6.45) is 17.5. The molecule has 22 nitrogen and oxygen atoms in total. The molecular formula is C68H69N5O17. The quantitative estimate of drug-likeness (QED) is 0.0302. The third kappa shape index (κ3) is 12.0. The first-order valence-electron chi connectivity index (χ1n) is 30.7. The number of ether oxygens (including phenoxy) is 6. The van der Waals surface area contributed by atoms with E-state index in [4.69, 9.17) is 38.4 Å². The number of nitrogens with zero attached hydrogens (tertiary/aromatic N) is 5. The number of phenols is 1. The second-order valence-corrected chi connectivity index (χ2v) is 23.0. The predicted octanol–water partition coefficient (Wildman–Crippen LogP) is 11.4. The van der Waals surface area contributed by atoms with E-state index in [0.29, 0.717) is 71.1 Å². The first-order chi connectivity index (χ1) is 43.4. The van der Waals surface area contributed by atoms with Crippen LogP contribution in [0.3, 0.4) is 0 Å². The van der Waals surface area contributed by atoms with Gasteiger partial charge in [0, 0.05) is 45.2 Å². The van der Waals surface area contributed by atoms with Crippen molar-refractivity contribution in [2.75, 3.05) is 0 Å². The van der Waals surface area contributed by atoms with Crippen LogP contribution in [0.25, 0.3) is 44.6 Å². The number of nitro groups is 1. The number of fused-ring (bicyclic) bond motifs is 10. The number of pyridine rings is 4. The molecule has 0 fully saturated rings. The van der Waals surface area contributed by atoms with Gasteiger partial charge in [0.05, 0.1) is 62.9 Å². The average Bonchev–Trinajstić information content (AvgIpc) is 1.52. The van der Waals surface area contributed by atoms with Crippen molar-refractivity contribution in [3.05, 3.63) is 172 Å². The highest BCUT2D eigenvalue weighted by Crippen LogP contribution is 2.43. The summed E-state index contributed by atoms with van der Waals surface area (Å²) in [5, 5.41) is 44.2. The number of phenolic OH excluding ortho intramolecular Hbond substituents is 1. The van der Waals surface area contributed by atoms with E-state index >= 15 is 0 Å². The molecule has 4 aromatic heterocycles. The van der Waals surface area contributed by atoms with E-state index in [2.05, 4.69) is 6.08 Å². The minimum Gasteiger partial charge on any atom is -0.508 e. The van der Waals surface area contributed by atoms with Crippen LogP contribution in [0, 0.1) is 10.1 Å². The van der Waals surface area contributed by atoms with Gasteiger partial charge in [0.1, 0.15) is 42.7 Å². The summed E-state index contributed by atoms with van der Waals surface area (Å²) in [7, 11) is 0. The zero-order valence-corrected chi connectivity index (χ0v) is 50.4. The highest BCUT2D eigenvalue weighted by Gasteiger charge is 2.47. The summed E-state index contributed by atoms with van der Waals surface area (Å²) < 4.78 is 34.9. The summed E-state index contributed by atoms with van der Waals surface area (Å²) in [5.74, 6) is -0.731. The molecule has 0 saturated heterocycles. The number of benzene rings is 3. The van der Waals surface area contributed by atoms with Crippen molar-refractivity contribution in [3.8, 4) is 40.0 Å². The zero-order valence-electron chi connectivity index (χ0n) is 50.4. The van der Waals surface area contributed by atoms with Gasteiger partial charge in [-0.15, -0.1) is 0 Å². The molecule has 4 aliphatic heterocycles. The third-order valence-corrected chi connectivity index (χ3v) is 17.6. The summed E-state index contributed by atoms with van der Waals surface area (Å²) in [6, 6.07) is 19.0. The molecule has 2 aliphatic carbocycles. The number of carbonyl (C=O) groups is 4. The lowest BCUT2D eigenvalue weighted by Gasteiger charge is -2.31. The summed E-state index contributed by atoms with van der Waals surface area (Å²) in [4.78, 5) is 95.4. The first-order valence-corrected chi connectivity index (χ1v) is 30.7. The maximum atomic E-state index is 13.5. The summed E-state index contributed by atoms with van der Waals surface area (Å²) in [6.45, 7) is 7.77. The van der Waals surface area contributed by atoms with E-state index in [1.54, 1.807) is 71.5 Å². The first kappa shape index (κ1) is 62.1. The van der Waals surface area contributed by atoms with Crippen LogP contribution in [0.5, 0.6) is 17.2 Å². The average molecular weight is 1230 g/mol. The smallest absolute Gasteiger partial charge is 0.508 e. The number of esters is 2. The number of nitro benzene ring substituents is 1. The number of hydrogen-bond donors (Lipinski definition) is 3. The molecule has 468 valence electrons. The minimum atomic E-state index is -1.87. The van der Waals surface area contributed by atoms with Gasteiger partial charge in [-0.05, 0) is 161 Å². The van der Waals surface area contributed by atoms with Crippen LogP contribution in [0.2, 0.25) is 0 Å². The SMILES string of the molecule is CCc1c2c(nc3ccc(O)cc13)-c1cc3c(c(=O)n1C2)COC(=O)[C@]3(O)CC.CCc1c2c(nc3ccc(OC(=O)OC4/C=C/CCCCC4)cc13)-c1cc3c(c(=O)n1C2)COC(=O)[C@]3(O)CC.O=C(Oc1ccc([N+](=O)[O-])cc1)OC1/C=C/CCCCC1. The third-order valence-electron chi connectivity index (χ3n) is 17.6. The van der Waals surface area contributed by atoms with Gasteiger partial charge in [0.2, 0.25) is 0 Å². The van der Waals surface area contributed by atoms with Gasteiger partial charge in [-0.2, -0.15) is 0 Å². The molecule has 8 heterocycles. The lowest BCUT2D eigenvalue weighted by molar-refractivity contribution is -0.384. The molecular weight excluding hydrogens is 1160 g/mol. The van der Waals surface area contributed by atoms with Gasteiger partial charge in [0.25, 0.3) is 16.8 Å². The molecule has 0 amide bonds. The Hall–Kier alpha value is -9.54. The number of aromatic nitrogens is 4. The monoisotopic (exact) mass is 1230 g/mol. The van der Waals surface area contributed by atoms with Crippen LogP contribution in [0.15, 0.2) is 107 Å². The molecule has 4 atom stereocenters. The summed E-state index contributed by atoms with van der Waals surface area (Å²) >= 11 is 0. The Balaban J connectivity index is 0.000000147. The molecule has 0 bridgehead atoms. The number of aryl methyl sites for hydroxylation is 2. The van der Waals surface area contributed by atoms with Crippen molar-refractivity contribution in [1.29, 1.82) is 0 Å². The van der Waals surface area contributed by atoms with Crippen LogP contribution >= 0.6 is 0 Å². The lowest BCUT2D eigenvalue weighted by Crippen LogP contribution is -2.44. The number of hydrogen-bond acceptors (Lipinski definition) is 19. The zero-order chi connectivity index (χ0) is 63.6. The Labute approximate surface area is 516 Å². The Morgan fingerprint density at radius 3 is 1.53 bits per heavy atom. The molecule has 90 heavy (non-hydrogen) atoms. The van der Waals surface area contributed by atoms with Crippen molar-refractivity contribution >= 4 is 51.7 Å². The van der Waals surface area contributed by atoms with Crippen molar-refractivity contribution in [2.24, 2.45) is 0 Å². The van der Waals surface area contributed by atoms with Crippen molar-refractivity contribution < 1.29 is 67.8 Å².